The summed E-state index contributed by atoms with van der Waals surface area (Å²) in [7, 11) is 1.68. The van der Waals surface area contributed by atoms with Crippen molar-refractivity contribution in [3.63, 3.8) is 0 Å². The first-order valence-electron chi connectivity index (χ1n) is 4.40. The van der Waals surface area contributed by atoms with Gasteiger partial charge in [0.1, 0.15) is 0 Å². The molecule has 0 aromatic carbocycles. The molecule has 1 aromatic heterocycles. The Balaban J connectivity index is 2.56. The molecule has 14 heavy (non-hydrogen) atoms. The van der Waals surface area contributed by atoms with Crippen LogP contribution >= 0.6 is 22.9 Å². The number of nitrogens with one attached hydrogen (secondary N) is 1. The molecule has 5 heteroatoms. The van der Waals surface area contributed by atoms with E-state index in [9.17, 15) is 0 Å². The van der Waals surface area contributed by atoms with Crippen molar-refractivity contribution in [1.82, 2.24) is 5.43 Å². The van der Waals surface area contributed by atoms with Gasteiger partial charge in [-0.05, 0) is 19.1 Å². The van der Waals surface area contributed by atoms with E-state index < -0.39 is 0 Å². The van der Waals surface area contributed by atoms with E-state index in [0.717, 1.165) is 10.8 Å². The average Bonchev–Trinajstić information content (AvgIpc) is 2.59. The van der Waals surface area contributed by atoms with Crippen LogP contribution in [-0.2, 0) is 11.2 Å². The third-order valence-corrected chi connectivity index (χ3v) is 3.46. The Labute approximate surface area is 93.2 Å². The summed E-state index contributed by atoms with van der Waals surface area (Å²) in [4.78, 5) is 1.21. The van der Waals surface area contributed by atoms with Crippen LogP contribution in [0.1, 0.15) is 11.8 Å². The number of ether oxygens (including phenoxy) is 1. The molecule has 0 aliphatic carbocycles. The number of hydrogen-bond donors (Lipinski definition) is 2. The third kappa shape index (κ3) is 3.22. The van der Waals surface area contributed by atoms with Gasteiger partial charge in [-0.3, -0.25) is 11.3 Å². The molecule has 0 amide bonds. The minimum Gasteiger partial charge on any atom is -0.380 e. The van der Waals surface area contributed by atoms with Gasteiger partial charge < -0.3 is 4.74 Å². The second-order valence-corrected chi connectivity index (χ2v) is 4.92. The molecule has 0 radical (unpaired) electrons. The van der Waals surface area contributed by atoms with Gasteiger partial charge in [-0.15, -0.1) is 11.3 Å². The lowest BCUT2D eigenvalue weighted by molar-refractivity contribution is 0.0834. The maximum Gasteiger partial charge on any atom is 0.0931 e. The van der Waals surface area contributed by atoms with Crippen molar-refractivity contribution in [2.24, 2.45) is 5.84 Å². The Morgan fingerprint density at radius 3 is 2.79 bits per heavy atom. The second kappa shape index (κ2) is 5.68. The van der Waals surface area contributed by atoms with Crippen LogP contribution in [0.25, 0.3) is 0 Å². The van der Waals surface area contributed by atoms with Crippen molar-refractivity contribution in [3.05, 3.63) is 21.3 Å². The van der Waals surface area contributed by atoms with E-state index in [1.165, 1.54) is 4.88 Å². The maximum atomic E-state index is 5.84. The molecular weight excluding hydrogens is 220 g/mol. The fraction of sp³-hybridized carbons (Fsp3) is 0.556. The Hall–Kier alpha value is -0.130. The van der Waals surface area contributed by atoms with Gasteiger partial charge in [-0.1, -0.05) is 11.6 Å². The first kappa shape index (κ1) is 11.9. The second-order valence-electron chi connectivity index (χ2n) is 3.12. The molecule has 3 N–H and O–H groups in total. The molecule has 0 aliphatic rings. The van der Waals surface area contributed by atoms with Crippen molar-refractivity contribution in [2.75, 3.05) is 7.11 Å². The largest absolute Gasteiger partial charge is 0.380 e. The standard InChI is InChI=1S/C9H15ClN2OS/c1-6(13-2)8(12-11)5-7-3-4-9(10)14-7/h3-4,6,8,12H,5,11H2,1-2H3. The van der Waals surface area contributed by atoms with Gasteiger partial charge in [-0.2, -0.15) is 0 Å². The van der Waals surface area contributed by atoms with Crippen molar-refractivity contribution in [2.45, 2.75) is 25.5 Å². The molecule has 3 nitrogen and oxygen atoms in total. The number of hydrazine groups is 1. The smallest absolute Gasteiger partial charge is 0.0931 e. The Bertz CT molecular complexity index is 280. The van der Waals surface area contributed by atoms with Crippen LogP contribution in [0.15, 0.2) is 12.1 Å². The molecule has 0 saturated heterocycles. The highest BCUT2D eigenvalue weighted by atomic mass is 35.5. The van der Waals surface area contributed by atoms with Crippen molar-refractivity contribution >= 4 is 22.9 Å². The van der Waals surface area contributed by atoms with Crippen LogP contribution in [-0.4, -0.2) is 19.3 Å². The fourth-order valence-corrected chi connectivity index (χ4v) is 2.35. The lowest BCUT2D eigenvalue weighted by Gasteiger charge is -2.21. The van der Waals surface area contributed by atoms with E-state index in [2.05, 4.69) is 5.43 Å². The van der Waals surface area contributed by atoms with E-state index in [4.69, 9.17) is 22.2 Å². The van der Waals surface area contributed by atoms with Crippen molar-refractivity contribution in [1.29, 1.82) is 0 Å². The van der Waals surface area contributed by atoms with Crippen molar-refractivity contribution in [3.8, 4) is 0 Å². The summed E-state index contributed by atoms with van der Waals surface area (Å²) in [6, 6.07) is 4.03. The maximum absolute atomic E-state index is 5.84. The first-order chi connectivity index (χ1) is 6.67. The van der Waals surface area contributed by atoms with Gasteiger partial charge in [0.25, 0.3) is 0 Å². The minimum atomic E-state index is 0.0841. The summed E-state index contributed by atoms with van der Waals surface area (Å²) in [5, 5.41) is 0. The average molecular weight is 235 g/mol. The van der Waals surface area contributed by atoms with Gasteiger partial charge in [0.15, 0.2) is 0 Å². The van der Waals surface area contributed by atoms with E-state index in [1.54, 1.807) is 18.4 Å². The molecule has 0 saturated carbocycles. The van der Waals surface area contributed by atoms with Crippen molar-refractivity contribution < 1.29 is 4.74 Å². The van der Waals surface area contributed by atoms with Gasteiger partial charge in [0, 0.05) is 18.4 Å². The summed E-state index contributed by atoms with van der Waals surface area (Å²) < 4.78 is 6.02. The van der Waals surface area contributed by atoms with E-state index in [-0.39, 0.29) is 12.1 Å². The molecule has 2 unspecified atom stereocenters. The summed E-state index contributed by atoms with van der Waals surface area (Å²) in [5.74, 6) is 5.45. The topological polar surface area (TPSA) is 47.3 Å². The number of rotatable bonds is 5. The number of halogens is 1. The molecule has 1 aromatic rings. The predicted molar refractivity (Wildman–Crippen MR) is 60.6 cm³/mol. The summed E-state index contributed by atoms with van der Waals surface area (Å²) in [5.41, 5.74) is 2.75. The Morgan fingerprint density at radius 2 is 2.36 bits per heavy atom. The normalized spacial score (nSPS) is 15.4. The number of methoxy groups -OCH3 is 1. The number of nitrogens with two attached hydrogens (primary N) is 1. The van der Waals surface area contributed by atoms with E-state index >= 15 is 0 Å². The summed E-state index contributed by atoms with van der Waals surface area (Å²) in [6.45, 7) is 1.99. The van der Waals surface area contributed by atoms with Crippen LogP contribution in [0, 0.1) is 0 Å². The molecular formula is C9H15ClN2OS. The molecule has 80 valence electrons. The zero-order valence-corrected chi connectivity index (χ0v) is 9.86. The SMILES string of the molecule is COC(C)C(Cc1ccc(Cl)s1)NN. The molecule has 1 rings (SSSR count). The molecule has 1 heterocycles. The fourth-order valence-electron chi connectivity index (χ4n) is 1.20. The predicted octanol–water partition coefficient (Wildman–Crippen LogP) is 1.81. The molecule has 0 aliphatic heterocycles. The van der Waals surface area contributed by atoms with Gasteiger partial charge in [-0.25, -0.2) is 0 Å². The first-order valence-corrected chi connectivity index (χ1v) is 5.60. The minimum absolute atomic E-state index is 0.0841. The molecule has 0 bridgehead atoms. The quantitative estimate of drug-likeness (QED) is 0.604. The highest BCUT2D eigenvalue weighted by Crippen LogP contribution is 2.23. The Kier molecular flexibility index (Phi) is 4.84. The molecule has 2 atom stereocenters. The lowest BCUT2D eigenvalue weighted by atomic mass is 10.1. The van der Waals surface area contributed by atoms with E-state index in [1.807, 2.05) is 19.1 Å². The number of hydrogen-bond acceptors (Lipinski definition) is 4. The third-order valence-electron chi connectivity index (χ3n) is 2.20. The van der Waals surface area contributed by atoms with Crippen LogP contribution in [0.2, 0.25) is 4.34 Å². The molecule has 0 spiro atoms. The summed E-state index contributed by atoms with van der Waals surface area (Å²) in [6.07, 6.45) is 0.920. The van der Waals surface area contributed by atoms with Gasteiger partial charge >= 0.3 is 0 Å². The zero-order chi connectivity index (χ0) is 10.6. The van der Waals surface area contributed by atoms with Crippen LogP contribution < -0.4 is 11.3 Å². The van der Waals surface area contributed by atoms with E-state index in [0.29, 0.717) is 0 Å². The monoisotopic (exact) mass is 234 g/mol. The van der Waals surface area contributed by atoms with Gasteiger partial charge in [0.05, 0.1) is 16.5 Å². The summed E-state index contributed by atoms with van der Waals surface area (Å²) >= 11 is 7.41. The highest BCUT2D eigenvalue weighted by molar-refractivity contribution is 7.16. The van der Waals surface area contributed by atoms with Crippen LogP contribution in [0.3, 0.4) is 0 Å². The number of thiophene rings is 1. The molecule has 0 fully saturated rings. The lowest BCUT2D eigenvalue weighted by Crippen LogP contribution is -2.44. The van der Waals surface area contributed by atoms with Crippen LogP contribution in [0.5, 0.6) is 0 Å². The zero-order valence-electron chi connectivity index (χ0n) is 8.29. The van der Waals surface area contributed by atoms with Crippen LogP contribution in [0.4, 0.5) is 0 Å². The highest BCUT2D eigenvalue weighted by Gasteiger charge is 2.16. The van der Waals surface area contributed by atoms with Gasteiger partial charge in [0.2, 0.25) is 0 Å². The Morgan fingerprint density at radius 1 is 1.64 bits per heavy atom.